The third-order valence-corrected chi connectivity index (χ3v) is 4.19. The molecule has 0 heterocycles. The fourth-order valence-corrected chi connectivity index (χ4v) is 2.96. The molecule has 6 heteroatoms. The minimum atomic E-state index is -0.219. The number of carbonyl (C=O) groups is 1. The molecule has 0 aliphatic heterocycles. The minimum absolute atomic E-state index is 0. The van der Waals surface area contributed by atoms with E-state index in [1.807, 2.05) is 18.2 Å². The van der Waals surface area contributed by atoms with Crippen molar-refractivity contribution in [1.82, 2.24) is 5.32 Å². The zero-order valence-corrected chi connectivity index (χ0v) is 14.0. The van der Waals surface area contributed by atoms with Crippen LogP contribution in [0.3, 0.4) is 0 Å². The Morgan fingerprint density at radius 3 is 2.50 bits per heavy atom. The zero-order valence-electron chi connectivity index (χ0n) is 13.2. The number of carbonyl (C=O) groups excluding carboxylic acids is 1. The van der Waals surface area contributed by atoms with Gasteiger partial charge in [-0.05, 0) is 31.0 Å². The Bertz CT molecular complexity index is 502. The summed E-state index contributed by atoms with van der Waals surface area (Å²) in [7, 11) is 3.20. The van der Waals surface area contributed by atoms with Crippen molar-refractivity contribution in [2.75, 3.05) is 20.8 Å². The average Bonchev–Trinajstić information content (AvgIpc) is 2.96. The molecule has 1 aromatic rings. The Labute approximate surface area is 138 Å². The van der Waals surface area contributed by atoms with Crippen molar-refractivity contribution in [3.8, 4) is 11.5 Å². The third-order valence-electron chi connectivity index (χ3n) is 4.19. The van der Waals surface area contributed by atoms with Gasteiger partial charge in [0.2, 0.25) is 5.91 Å². The van der Waals surface area contributed by atoms with Gasteiger partial charge in [0.15, 0.2) is 0 Å². The van der Waals surface area contributed by atoms with Crippen molar-refractivity contribution >= 4 is 18.3 Å². The van der Waals surface area contributed by atoms with Gasteiger partial charge in [-0.1, -0.05) is 12.8 Å². The molecule has 0 unspecified atom stereocenters. The molecule has 1 aliphatic rings. The lowest BCUT2D eigenvalue weighted by Gasteiger charge is -2.28. The van der Waals surface area contributed by atoms with E-state index in [2.05, 4.69) is 5.32 Å². The highest BCUT2D eigenvalue weighted by atomic mass is 35.5. The van der Waals surface area contributed by atoms with E-state index in [1.165, 1.54) is 0 Å². The summed E-state index contributed by atoms with van der Waals surface area (Å²) in [6, 6.07) is 5.47. The smallest absolute Gasteiger partial charge is 0.225 e. The number of halogens is 1. The largest absolute Gasteiger partial charge is 0.497 e. The van der Waals surface area contributed by atoms with E-state index in [0.29, 0.717) is 18.0 Å². The lowest BCUT2D eigenvalue weighted by Crippen LogP contribution is -2.52. The van der Waals surface area contributed by atoms with Gasteiger partial charge in [0.05, 0.1) is 26.2 Å². The van der Waals surface area contributed by atoms with Crippen molar-refractivity contribution in [2.45, 2.75) is 37.6 Å². The highest BCUT2D eigenvalue weighted by Crippen LogP contribution is 2.29. The molecule has 0 radical (unpaired) electrons. The van der Waals surface area contributed by atoms with Crippen LogP contribution in [-0.4, -0.2) is 32.2 Å². The molecule has 3 N–H and O–H groups in total. The van der Waals surface area contributed by atoms with Crippen molar-refractivity contribution < 1.29 is 14.3 Å². The first-order valence-corrected chi connectivity index (χ1v) is 7.34. The van der Waals surface area contributed by atoms with Gasteiger partial charge in [0.25, 0.3) is 0 Å². The van der Waals surface area contributed by atoms with Crippen molar-refractivity contribution in [2.24, 2.45) is 5.73 Å². The summed E-state index contributed by atoms with van der Waals surface area (Å²) in [6.45, 7) is 0.494. The minimum Gasteiger partial charge on any atom is -0.497 e. The topological polar surface area (TPSA) is 73.6 Å². The third kappa shape index (κ3) is 4.27. The summed E-state index contributed by atoms with van der Waals surface area (Å²) in [5.74, 6) is 1.39. The van der Waals surface area contributed by atoms with Crippen molar-refractivity contribution in [3.05, 3.63) is 23.8 Å². The van der Waals surface area contributed by atoms with Crippen molar-refractivity contribution in [1.29, 1.82) is 0 Å². The van der Waals surface area contributed by atoms with E-state index in [-0.39, 0.29) is 30.3 Å². The molecule has 1 amide bonds. The SMILES string of the molecule is COc1ccc(OC)c(CC(=O)NC2(CN)CCCC2)c1.Cl. The number of nitrogens with one attached hydrogen (secondary N) is 1. The quantitative estimate of drug-likeness (QED) is 0.838. The van der Waals surface area contributed by atoms with E-state index in [1.54, 1.807) is 14.2 Å². The van der Waals surface area contributed by atoms with Gasteiger partial charge < -0.3 is 20.5 Å². The first-order chi connectivity index (χ1) is 10.1. The van der Waals surface area contributed by atoms with E-state index < -0.39 is 0 Å². The maximum atomic E-state index is 12.3. The molecule has 1 fully saturated rings. The van der Waals surface area contributed by atoms with Crippen molar-refractivity contribution in [3.63, 3.8) is 0 Å². The standard InChI is InChI=1S/C16H24N2O3.ClH/c1-20-13-5-6-14(21-2)12(9-13)10-15(19)18-16(11-17)7-3-4-8-16;/h5-6,9H,3-4,7-8,10-11,17H2,1-2H3,(H,18,19);1H. The second-order valence-corrected chi connectivity index (χ2v) is 5.59. The molecule has 5 nitrogen and oxygen atoms in total. The highest BCUT2D eigenvalue weighted by Gasteiger charge is 2.33. The second-order valence-electron chi connectivity index (χ2n) is 5.59. The second kappa shape index (κ2) is 8.25. The monoisotopic (exact) mass is 328 g/mol. The van der Waals surface area contributed by atoms with Crippen LogP contribution in [0.25, 0.3) is 0 Å². The number of nitrogens with two attached hydrogens (primary N) is 1. The Balaban J connectivity index is 0.00000242. The average molecular weight is 329 g/mol. The molecular weight excluding hydrogens is 304 g/mol. The van der Waals surface area contributed by atoms with Crippen LogP contribution in [0.4, 0.5) is 0 Å². The summed E-state index contributed by atoms with van der Waals surface area (Å²) in [5.41, 5.74) is 6.45. The van der Waals surface area contributed by atoms with E-state index in [0.717, 1.165) is 31.2 Å². The number of hydrogen-bond acceptors (Lipinski definition) is 4. The van der Waals surface area contributed by atoms with Gasteiger partial charge in [0.1, 0.15) is 11.5 Å². The van der Waals surface area contributed by atoms with Gasteiger partial charge in [-0.3, -0.25) is 4.79 Å². The summed E-state index contributed by atoms with van der Waals surface area (Å²) in [6.07, 6.45) is 4.44. The lowest BCUT2D eigenvalue weighted by atomic mass is 9.97. The van der Waals surface area contributed by atoms with Crippen LogP contribution >= 0.6 is 12.4 Å². The van der Waals surface area contributed by atoms with Crippen LogP contribution in [0, 0.1) is 0 Å². The van der Waals surface area contributed by atoms with Crippen LogP contribution in [0.15, 0.2) is 18.2 Å². The molecule has 0 spiro atoms. The van der Waals surface area contributed by atoms with Crippen LogP contribution < -0.4 is 20.5 Å². The fourth-order valence-electron chi connectivity index (χ4n) is 2.96. The zero-order chi connectivity index (χ0) is 15.3. The highest BCUT2D eigenvalue weighted by molar-refractivity contribution is 5.85. The molecule has 0 aromatic heterocycles. The normalized spacial score (nSPS) is 15.8. The van der Waals surface area contributed by atoms with E-state index in [4.69, 9.17) is 15.2 Å². The molecule has 0 atom stereocenters. The van der Waals surface area contributed by atoms with Gasteiger partial charge in [-0.15, -0.1) is 12.4 Å². The molecule has 1 saturated carbocycles. The summed E-state index contributed by atoms with van der Waals surface area (Å²) in [4.78, 5) is 12.3. The molecule has 22 heavy (non-hydrogen) atoms. The van der Waals surface area contributed by atoms with Crippen LogP contribution in [0.2, 0.25) is 0 Å². The predicted molar refractivity (Wildman–Crippen MR) is 88.9 cm³/mol. The lowest BCUT2D eigenvalue weighted by molar-refractivity contribution is -0.122. The Morgan fingerprint density at radius 1 is 1.27 bits per heavy atom. The van der Waals surface area contributed by atoms with Crippen LogP contribution in [0.5, 0.6) is 11.5 Å². The number of ether oxygens (including phenoxy) is 2. The fraction of sp³-hybridized carbons (Fsp3) is 0.562. The van der Waals surface area contributed by atoms with Gasteiger partial charge in [-0.25, -0.2) is 0 Å². The Kier molecular flexibility index (Phi) is 6.97. The maximum Gasteiger partial charge on any atom is 0.225 e. The first kappa shape index (κ1) is 18.6. The number of rotatable bonds is 6. The van der Waals surface area contributed by atoms with Gasteiger partial charge >= 0.3 is 0 Å². The summed E-state index contributed by atoms with van der Waals surface area (Å²) < 4.78 is 10.5. The summed E-state index contributed by atoms with van der Waals surface area (Å²) >= 11 is 0. The van der Waals surface area contributed by atoms with E-state index in [9.17, 15) is 4.79 Å². The van der Waals surface area contributed by atoms with Gasteiger partial charge in [-0.2, -0.15) is 0 Å². The van der Waals surface area contributed by atoms with E-state index >= 15 is 0 Å². The van der Waals surface area contributed by atoms with Gasteiger partial charge in [0, 0.05) is 12.1 Å². The molecule has 124 valence electrons. The number of amides is 1. The number of hydrogen-bond donors (Lipinski definition) is 2. The maximum absolute atomic E-state index is 12.3. The molecule has 1 aliphatic carbocycles. The Hall–Kier alpha value is -1.46. The van der Waals surface area contributed by atoms with Crippen LogP contribution in [-0.2, 0) is 11.2 Å². The first-order valence-electron chi connectivity index (χ1n) is 7.34. The molecule has 0 bridgehead atoms. The molecule has 0 saturated heterocycles. The molecule has 1 aromatic carbocycles. The van der Waals surface area contributed by atoms with Crippen LogP contribution in [0.1, 0.15) is 31.2 Å². The Morgan fingerprint density at radius 2 is 1.95 bits per heavy atom. The molecular formula is C16H25ClN2O3. The number of benzene rings is 1. The summed E-state index contributed by atoms with van der Waals surface area (Å²) in [5, 5.41) is 3.12. The predicted octanol–water partition coefficient (Wildman–Crippen LogP) is 2.06. The molecule has 2 rings (SSSR count). The number of methoxy groups -OCH3 is 2.